The van der Waals surface area contributed by atoms with Crippen molar-refractivity contribution >= 4 is 21.6 Å². The first-order valence-electron chi connectivity index (χ1n) is 3.52. The van der Waals surface area contributed by atoms with Crippen molar-refractivity contribution in [2.75, 3.05) is 12.5 Å². The largest absolute Gasteiger partial charge is 0.318 e. The van der Waals surface area contributed by atoms with Gasteiger partial charge in [0.05, 0.1) is 5.69 Å². The first-order chi connectivity index (χ1) is 5.27. The minimum Gasteiger partial charge on any atom is -0.318 e. The average molecular weight is 213 g/mol. The van der Waals surface area contributed by atoms with Crippen LogP contribution in [0.4, 0.5) is 5.69 Å². The molecule has 0 aliphatic carbocycles. The van der Waals surface area contributed by atoms with Gasteiger partial charge < -0.3 is 5.43 Å². The Morgan fingerprint density at radius 2 is 2.36 bits per heavy atom. The van der Waals surface area contributed by atoms with E-state index >= 15 is 0 Å². The summed E-state index contributed by atoms with van der Waals surface area (Å²) < 4.78 is 1.19. The van der Waals surface area contributed by atoms with E-state index in [9.17, 15) is 0 Å². The molecule has 1 aliphatic rings. The zero-order valence-corrected chi connectivity index (χ0v) is 7.85. The lowest BCUT2D eigenvalue weighted by molar-refractivity contribution is 0.422. The first kappa shape index (κ1) is 7.13. The van der Waals surface area contributed by atoms with Crippen LogP contribution in [0, 0.1) is 0 Å². The number of benzene rings is 1. The highest BCUT2D eigenvalue weighted by Gasteiger charge is 2.15. The van der Waals surface area contributed by atoms with E-state index in [1.54, 1.807) is 0 Å². The molecule has 0 saturated carbocycles. The molecule has 1 heterocycles. The summed E-state index contributed by atoms with van der Waals surface area (Å²) in [5, 5.41) is 2.06. The maximum absolute atomic E-state index is 3.51. The zero-order valence-electron chi connectivity index (χ0n) is 6.26. The third-order valence-electron chi connectivity index (χ3n) is 1.83. The summed E-state index contributed by atoms with van der Waals surface area (Å²) in [4.78, 5) is 0. The molecule has 0 saturated heterocycles. The van der Waals surface area contributed by atoms with Crippen molar-refractivity contribution in [3.8, 4) is 0 Å². The molecule has 3 heteroatoms. The van der Waals surface area contributed by atoms with Crippen LogP contribution in [-0.4, -0.2) is 12.1 Å². The van der Waals surface area contributed by atoms with Gasteiger partial charge in [0, 0.05) is 23.6 Å². The number of nitrogens with one attached hydrogen (secondary N) is 1. The minimum absolute atomic E-state index is 0.969. The Morgan fingerprint density at radius 3 is 3.09 bits per heavy atom. The van der Waals surface area contributed by atoms with Gasteiger partial charge in [0.1, 0.15) is 0 Å². The van der Waals surface area contributed by atoms with Crippen molar-refractivity contribution in [2.24, 2.45) is 0 Å². The van der Waals surface area contributed by atoms with E-state index in [0.717, 1.165) is 6.54 Å². The van der Waals surface area contributed by atoms with Crippen LogP contribution in [-0.2, 0) is 6.54 Å². The normalized spacial score (nSPS) is 16.2. The molecule has 1 N–H and O–H groups in total. The molecule has 0 bridgehead atoms. The predicted octanol–water partition coefficient (Wildman–Crippen LogP) is 2.22. The Labute approximate surface area is 74.3 Å². The second kappa shape index (κ2) is 2.50. The third kappa shape index (κ3) is 1.14. The Balaban J connectivity index is 2.49. The van der Waals surface area contributed by atoms with Crippen molar-refractivity contribution < 1.29 is 0 Å². The molecule has 2 nitrogen and oxygen atoms in total. The smallest absolute Gasteiger partial charge is 0.0547 e. The van der Waals surface area contributed by atoms with Gasteiger partial charge in [-0.1, -0.05) is 22.0 Å². The van der Waals surface area contributed by atoms with Crippen LogP contribution in [0.25, 0.3) is 0 Å². The van der Waals surface area contributed by atoms with Crippen molar-refractivity contribution in [3.63, 3.8) is 0 Å². The van der Waals surface area contributed by atoms with E-state index < -0.39 is 0 Å². The van der Waals surface area contributed by atoms with E-state index in [-0.39, 0.29) is 0 Å². The second-order valence-corrected chi connectivity index (χ2v) is 3.59. The maximum Gasteiger partial charge on any atom is 0.0547 e. The molecular formula is C8H9BrN2. The summed E-state index contributed by atoms with van der Waals surface area (Å²) in [7, 11) is 2.03. The SMILES string of the molecule is CN1Cc2c(Br)cccc2N1. The molecule has 2 rings (SSSR count). The molecule has 58 valence electrons. The quantitative estimate of drug-likeness (QED) is 0.710. The minimum atomic E-state index is 0.969. The van der Waals surface area contributed by atoms with E-state index in [2.05, 4.69) is 38.5 Å². The highest BCUT2D eigenvalue weighted by Crippen LogP contribution is 2.30. The number of hydrogen-bond acceptors (Lipinski definition) is 2. The van der Waals surface area contributed by atoms with Gasteiger partial charge in [0.2, 0.25) is 0 Å². The van der Waals surface area contributed by atoms with Gasteiger partial charge in [-0.25, -0.2) is 5.01 Å². The molecule has 1 aromatic carbocycles. The van der Waals surface area contributed by atoms with Crippen LogP contribution in [0.1, 0.15) is 5.56 Å². The monoisotopic (exact) mass is 212 g/mol. The average Bonchev–Trinajstić information content (AvgIpc) is 2.31. The van der Waals surface area contributed by atoms with Crippen LogP contribution in [0.5, 0.6) is 0 Å². The van der Waals surface area contributed by atoms with Gasteiger partial charge in [0.25, 0.3) is 0 Å². The summed E-state index contributed by atoms with van der Waals surface area (Å²) in [6.45, 7) is 0.969. The lowest BCUT2D eigenvalue weighted by Gasteiger charge is -2.06. The molecule has 0 atom stereocenters. The molecule has 11 heavy (non-hydrogen) atoms. The highest BCUT2D eigenvalue weighted by atomic mass is 79.9. The Kier molecular flexibility index (Phi) is 1.62. The van der Waals surface area contributed by atoms with Crippen molar-refractivity contribution in [1.29, 1.82) is 0 Å². The van der Waals surface area contributed by atoms with Gasteiger partial charge in [-0.3, -0.25) is 0 Å². The standard InChI is InChI=1S/C8H9BrN2/c1-11-5-6-7(9)3-2-4-8(6)10-11/h2-4,10H,5H2,1H3. The number of hydrazine groups is 1. The molecular weight excluding hydrogens is 204 g/mol. The van der Waals surface area contributed by atoms with Crippen molar-refractivity contribution in [2.45, 2.75) is 6.54 Å². The maximum atomic E-state index is 3.51. The van der Waals surface area contributed by atoms with Crippen LogP contribution in [0.3, 0.4) is 0 Å². The zero-order chi connectivity index (χ0) is 7.84. The number of hydrogen-bond donors (Lipinski definition) is 1. The number of nitrogens with zero attached hydrogens (tertiary/aromatic N) is 1. The Hall–Kier alpha value is -0.540. The summed E-state index contributed by atoms with van der Waals surface area (Å²) in [6, 6.07) is 6.19. The van der Waals surface area contributed by atoms with Crippen LogP contribution >= 0.6 is 15.9 Å². The van der Waals surface area contributed by atoms with Crippen LogP contribution in [0.2, 0.25) is 0 Å². The van der Waals surface area contributed by atoms with E-state index in [1.807, 2.05) is 13.1 Å². The molecule has 1 aliphatic heterocycles. The van der Waals surface area contributed by atoms with Crippen molar-refractivity contribution in [1.82, 2.24) is 5.01 Å². The van der Waals surface area contributed by atoms with Gasteiger partial charge >= 0.3 is 0 Å². The molecule has 0 spiro atoms. The number of fused-ring (bicyclic) bond motifs is 1. The summed E-state index contributed by atoms with van der Waals surface area (Å²) in [5.74, 6) is 0. The fourth-order valence-corrected chi connectivity index (χ4v) is 1.80. The Bertz CT molecular complexity index is 285. The first-order valence-corrected chi connectivity index (χ1v) is 4.32. The molecule has 0 unspecified atom stereocenters. The lowest BCUT2D eigenvalue weighted by atomic mass is 10.2. The predicted molar refractivity (Wildman–Crippen MR) is 49.2 cm³/mol. The van der Waals surface area contributed by atoms with Crippen LogP contribution < -0.4 is 5.43 Å². The lowest BCUT2D eigenvalue weighted by Crippen LogP contribution is -2.16. The Morgan fingerprint density at radius 1 is 1.55 bits per heavy atom. The number of rotatable bonds is 0. The third-order valence-corrected chi connectivity index (χ3v) is 2.57. The van der Waals surface area contributed by atoms with Gasteiger partial charge in [0.15, 0.2) is 0 Å². The van der Waals surface area contributed by atoms with Gasteiger partial charge in [-0.15, -0.1) is 0 Å². The molecule has 0 amide bonds. The number of anilines is 1. The molecule has 0 fully saturated rings. The molecule has 0 radical (unpaired) electrons. The van der Waals surface area contributed by atoms with Crippen molar-refractivity contribution in [3.05, 3.63) is 28.2 Å². The summed E-state index contributed by atoms with van der Waals surface area (Å²) in [5.41, 5.74) is 5.79. The second-order valence-electron chi connectivity index (χ2n) is 2.73. The summed E-state index contributed by atoms with van der Waals surface area (Å²) in [6.07, 6.45) is 0. The fourth-order valence-electron chi connectivity index (χ4n) is 1.31. The van der Waals surface area contributed by atoms with E-state index in [0.29, 0.717) is 0 Å². The topological polar surface area (TPSA) is 15.3 Å². The fraction of sp³-hybridized carbons (Fsp3) is 0.250. The van der Waals surface area contributed by atoms with Gasteiger partial charge in [-0.05, 0) is 12.1 Å². The van der Waals surface area contributed by atoms with Gasteiger partial charge in [-0.2, -0.15) is 0 Å². The van der Waals surface area contributed by atoms with E-state index in [4.69, 9.17) is 0 Å². The van der Waals surface area contributed by atoms with Crippen LogP contribution in [0.15, 0.2) is 22.7 Å². The summed E-state index contributed by atoms with van der Waals surface area (Å²) >= 11 is 3.51. The molecule has 1 aromatic rings. The number of halogens is 1. The highest BCUT2D eigenvalue weighted by molar-refractivity contribution is 9.10. The van der Waals surface area contributed by atoms with E-state index in [1.165, 1.54) is 15.7 Å². The molecule has 0 aromatic heterocycles.